The van der Waals surface area contributed by atoms with Gasteiger partial charge in [-0.25, -0.2) is 0 Å². The standard InChI is InChI=1S/C8H4ClF6N3O/c9-3-1-2-4(18-17-3)16-6(19)5(7(10,11)12)8(13,14)15/h1-2,5H,(H,16,18,19). The topological polar surface area (TPSA) is 54.9 Å². The molecule has 4 nitrogen and oxygen atoms in total. The molecular weight excluding hydrogens is 304 g/mol. The van der Waals surface area contributed by atoms with Gasteiger partial charge in [0.25, 0.3) is 0 Å². The lowest BCUT2D eigenvalue weighted by atomic mass is 10.1. The molecule has 106 valence electrons. The van der Waals surface area contributed by atoms with Crippen LogP contribution in [0.15, 0.2) is 12.1 Å². The van der Waals surface area contributed by atoms with E-state index in [1.807, 2.05) is 0 Å². The van der Waals surface area contributed by atoms with Crippen LogP contribution in [0.5, 0.6) is 0 Å². The number of alkyl halides is 6. The number of hydrogen-bond acceptors (Lipinski definition) is 3. The number of nitrogens with zero attached hydrogens (tertiary/aromatic N) is 2. The summed E-state index contributed by atoms with van der Waals surface area (Å²) in [6, 6.07) is 1.96. The maximum absolute atomic E-state index is 12.2. The van der Waals surface area contributed by atoms with Gasteiger partial charge in [0, 0.05) is 0 Å². The van der Waals surface area contributed by atoms with Gasteiger partial charge in [-0.15, -0.1) is 10.2 Å². The molecule has 11 heteroatoms. The highest BCUT2D eigenvalue weighted by Gasteiger charge is 2.61. The third-order valence-corrected chi connectivity index (χ3v) is 2.00. The zero-order valence-corrected chi connectivity index (χ0v) is 9.44. The molecule has 0 fully saturated rings. The number of carbonyl (C=O) groups is 1. The summed E-state index contributed by atoms with van der Waals surface area (Å²) in [6.07, 6.45) is -11.5. The van der Waals surface area contributed by atoms with Crippen LogP contribution in [0, 0.1) is 5.92 Å². The molecule has 0 unspecified atom stereocenters. The Hall–Kier alpha value is -1.58. The zero-order chi connectivity index (χ0) is 14.8. The first-order chi connectivity index (χ1) is 8.51. The molecule has 0 aliphatic heterocycles. The Morgan fingerprint density at radius 3 is 2.00 bits per heavy atom. The van der Waals surface area contributed by atoms with E-state index in [9.17, 15) is 31.1 Å². The summed E-state index contributed by atoms with van der Waals surface area (Å²) in [5, 5.41) is 7.50. The molecule has 19 heavy (non-hydrogen) atoms. The van der Waals surface area contributed by atoms with Crippen molar-refractivity contribution in [1.82, 2.24) is 10.2 Å². The third-order valence-electron chi connectivity index (χ3n) is 1.80. The number of aromatic nitrogens is 2. The van der Waals surface area contributed by atoms with Gasteiger partial charge in [-0.05, 0) is 12.1 Å². The smallest absolute Gasteiger partial charge is 0.308 e. The van der Waals surface area contributed by atoms with Crippen molar-refractivity contribution in [2.45, 2.75) is 12.4 Å². The Morgan fingerprint density at radius 1 is 1.11 bits per heavy atom. The molecule has 1 rings (SSSR count). The molecule has 1 heterocycles. The Bertz CT molecular complexity index is 443. The molecule has 0 aliphatic rings. The summed E-state index contributed by atoms with van der Waals surface area (Å²) >= 11 is 5.31. The van der Waals surface area contributed by atoms with Crippen molar-refractivity contribution < 1.29 is 31.1 Å². The van der Waals surface area contributed by atoms with E-state index in [0.717, 1.165) is 12.1 Å². The number of carbonyl (C=O) groups excluding carboxylic acids is 1. The van der Waals surface area contributed by atoms with Crippen LogP contribution in [0.1, 0.15) is 0 Å². The van der Waals surface area contributed by atoms with E-state index in [2.05, 4.69) is 10.2 Å². The van der Waals surface area contributed by atoms with Crippen LogP contribution >= 0.6 is 11.6 Å². The fraction of sp³-hybridized carbons (Fsp3) is 0.375. The Balaban J connectivity index is 2.93. The fourth-order valence-corrected chi connectivity index (χ4v) is 1.16. The second-order valence-electron chi connectivity index (χ2n) is 3.25. The van der Waals surface area contributed by atoms with E-state index >= 15 is 0 Å². The molecule has 0 spiro atoms. The van der Waals surface area contributed by atoms with Crippen molar-refractivity contribution in [3.8, 4) is 0 Å². The Labute approximate surface area is 106 Å². The number of anilines is 1. The first-order valence-electron chi connectivity index (χ1n) is 4.45. The van der Waals surface area contributed by atoms with Gasteiger partial charge in [-0.2, -0.15) is 26.3 Å². The van der Waals surface area contributed by atoms with Crippen molar-refractivity contribution in [3.05, 3.63) is 17.3 Å². The molecule has 0 atom stereocenters. The number of amides is 1. The molecule has 0 bridgehead atoms. The number of halogens is 7. The van der Waals surface area contributed by atoms with E-state index in [1.54, 1.807) is 0 Å². The summed E-state index contributed by atoms with van der Waals surface area (Å²) in [7, 11) is 0. The van der Waals surface area contributed by atoms with Crippen molar-refractivity contribution in [1.29, 1.82) is 0 Å². The molecule has 0 aromatic carbocycles. The highest BCUT2D eigenvalue weighted by atomic mass is 35.5. The number of nitrogens with one attached hydrogen (secondary N) is 1. The van der Waals surface area contributed by atoms with Gasteiger partial charge in [0.05, 0.1) is 0 Å². The van der Waals surface area contributed by atoms with Crippen molar-refractivity contribution in [2.24, 2.45) is 5.92 Å². The van der Waals surface area contributed by atoms with Gasteiger partial charge in [0.2, 0.25) is 11.8 Å². The van der Waals surface area contributed by atoms with Gasteiger partial charge in [-0.1, -0.05) is 11.6 Å². The minimum Gasteiger partial charge on any atom is -0.308 e. The molecule has 1 N–H and O–H groups in total. The number of hydrogen-bond donors (Lipinski definition) is 1. The third kappa shape index (κ3) is 4.23. The molecule has 0 saturated carbocycles. The maximum atomic E-state index is 12.2. The van der Waals surface area contributed by atoms with Crippen LogP contribution in [0.25, 0.3) is 0 Å². The van der Waals surface area contributed by atoms with Crippen molar-refractivity contribution >= 4 is 23.3 Å². The van der Waals surface area contributed by atoms with Crippen LogP contribution in [0.2, 0.25) is 5.15 Å². The molecule has 1 aromatic heterocycles. The first-order valence-corrected chi connectivity index (χ1v) is 4.83. The van der Waals surface area contributed by atoms with Gasteiger partial charge in [0.1, 0.15) is 0 Å². The molecule has 0 saturated heterocycles. The van der Waals surface area contributed by atoms with Gasteiger partial charge in [0.15, 0.2) is 11.0 Å². The minimum absolute atomic E-state index is 0.138. The summed E-state index contributed by atoms with van der Waals surface area (Å²) in [6.45, 7) is 0. The molecular formula is C8H4ClF6N3O. The maximum Gasteiger partial charge on any atom is 0.409 e. The summed E-state index contributed by atoms with van der Waals surface area (Å²) in [4.78, 5) is 11.0. The average molecular weight is 308 g/mol. The first kappa shape index (κ1) is 15.5. The lowest BCUT2D eigenvalue weighted by Crippen LogP contribution is -2.45. The van der Waals surface area contributed by atoms with E-state index in [4.69, 9.17) is 11.6 Å². The molecule has 1 amide bonds. The van der Waals surface area contributed by atoms with E-state index < -0.39 is 30.0 Å². The quantitative estimate of drug-likeness (QED) is 0.855. The van der Waals surface area contributed by atoms with Gasteiger partial charge < -0.3 is 5.32 Å². The molecule has 1 aromatic rings. The summed E-state index contributed by atoms with van der Waals surface area (Å²) < 4.78 is 73.2. The van der Waals surface area contributed by atoms with Gasteiger partial charge >= 0.3 is 12.4 Å². The summed E-state index contributed by atoms with van der Waals surface area (Å²) in [5.74, 6) is -7.01. The van der Waals surface area contributed by atoms with Gasteiger partial charge in [-0.3, -0.25) is 4.79 Å². The predicted molar refractivity (Wildman–Crippen MR) is 51.3 cm³/mol. The Kier molecular flexibility index (Phi) is 4.23. The second-order valence-corrected chi connectivity index (χ2v) is 3.63. The second kappa shape index (κ2) is 5.19. The Morgan fingerprint density at radius 2 is 1.63 bits per heavy atom. The van der Waals surface area contributed by atoms with Crippen LogP contribution in [-0.2, 0) is 4.79 Å². The lowest BCUT2D eigenvalue weighted by Gasteiger charge is -2.21. The van der Waals surface area contributed by atoms with E-state index in [-0.39, 0.29) is 5.15 Å². The molecule has 0 aliphatic carbocycles. The predicted octanol–water partition coefficient (Wildman–Crippen LogP) is 2.81. The SMILES string of the molecule is O=C(Nc1ccc(Cl)nn1)C(C(F)(F)F)C(F)(F)F. The van der Waals surface area contributed by atoms with E-state index in [0.29, 0.717) is 0 Å². The minimum atomic E-state index is -5.76. The lowest BCUT2D eigenvalue weighted by molar-refractivity contribution is -0.272. The monoisotopic (exact) mass is 307 g/mol. The fourth-order valence-electron chi connectivity index (χ4n) is 1.06. The molecule has 0 radical (unpaired) electrons. The van der Waals surface area contributed by atoms with Crippen LogP contribution in [0.3, 0.4) is 0 Å². The van der Waals surface area contributed by atoms with Crippen molar-refractivity contribution in [2.75, 3.05) is 5.32 Å². The zero-order valence-electron chi connectivity index (χ0n) is 8.68. The number of rotatable bonds is 2. The van der Waals surface area contributed by atoms with Crippen molar-refractivity contribution in [3.63, 3.8) is 0 Å². The highest BCUT2D eigenvalue weighted by molar-refractivity contribution is 6.29. The highest BCUT2D eigenvalue weighted by Crippen LogP contribution is 2.39. The van der Waals surface area contributed by atoms with Crippen LogP contribution < -0.4 is 5.32 Å². The summed E-state index contributed by atoms with van der Waals surface area (Å²) in [5.41, 5.74) is 0. The van der Waals surface area contributed by atoms with Crippen LogP contribution in [-0.4, -0.2) is 28.5 Å². The largest absolute Gasteiger partial charge is 0.409 e. The average Bonchev–Trinajstić information content (AvgIpc) is 2.16. The normalized spacial score (nSPS) is 12.6. The van der Waals surface area contributed by atoms with E-state index in [1.165, 1.54) is 5.32 Å². The van der Waals surface area contributed by atoms with Crippen LogP contribution in [0.4, 0.5) is 32.2 Å².